The second-order valence-electron chi connectivity index (χ2n) is 5.99. The van der Waals surface area contributed by atoms with Crippen LogP contribution < -0.4 is 10.6 Å². The maximum atomic E-state index is 12.4. The summed E-state index contributed by atoms with van der Waals surface area (Å²) >= 11 is 0. The average Bonchev–Trinajstić information content (AvgIpc) is 2.86. The van der Waals surface area contributed by atoms with E-state index in [-0.39, 0.29) is 17.7 Å². The first-order valence-electron chi connectivity index (χ1n) is 8.09. The minimum Gasteiger partial charge on any atom is -0.354 e. The molecule has 0 bridgehead atoms. The summed E-state index contributed by atoms with van der Waals surface area (Å²) in [4.78, 5) is 23.9. The Morgan fingerprint density at radius 1 is 1.08 bits per heavy atom. The van der Waals surface area contributed by atoms with Gasteiger partial charge in [-0.1, -0.05) is 32.0 Å². The summed E-state index contributed by atoms with van der Waals surface area (Å²) in [5.41, 5.74) is 2.97. The minimum atomic E-state index is -0.175. The molecule has 0 unspecified atom stereocenters. The lowest BCUT2D eigenvalue weighted by Crippen LogP contribution is -2.36. The second kappa shape index (κ2) is 7.77. The highest BCUT2D eigenvalue weighted by atomic mass is 16.2. The van der Waals surface area contributed by atoms with Crippen molar-refractivity contribution < 1.29 is 9.59 Å². The van der Waals surface area contributed by atoms with Crippen LogP contribution in [0.4, 0.5) is 0 Å². The van der Waals surface area contributed by atoms with E-state index in [0.717, 1.165) is 11.4 Å². The summed E-state index contributed by atoms with van der Waals surface area (Å²) in [5.74, 6) is -0.256. The molecule has 2 amide bonds. The zero-order chi connectivity index (χ0) is 17.7. The molecule has 1 heterocycles. The number of carbonyl (C=O) groups excluding carboxylic acids is 2. The average molecular weight is 328 g/mol. The van der Waals surface area contributed by atoms with Crippen LogP contribution in [-0.2, 0) is 4.79 Å². The molecule has 0 saturated carbocycles. The number of hydrogen-bond acceptors (Lipinski definition) is 3. The summed E-state index contributed by atoms with van der Waals surface area (Å²) in [7, 11) is 0. The van der Waals surface area contributed by atoms with Crippen LogP contribution in [0.3, 0.4) is 0 Å². The normalized spacial score (nSPS) is 10.7. The van der Waals surface area contributed by atoms with E-state index in [1.807, 2.05) is 58.0 Å². The first-order chi connectivity index (χ1) is 11.4. The van der Waals surface area contributed by atoms with Gasteiger partial charge in [-0.3, -0.25) is 9.59 Å². The molecule has 0 aliphatic heterocycles. The highest BCUT2D eigenvalue weighted by Gasteiger charge is 2.19. The first-order valence-corrected chi connectivity index (χ1v) is 8.09. The third-order valence-electron chi connectivity index (χ3n) is 3.75. The van der Waals surface area contributed by atoms with E-state index in [0.29, 0.717) is 24.3 Å². The Bertz CT molecular complexity index is 720. The molecule has 0 aliphatic carbocycles. The number of rotatable bonds is 6. The maximum absolute atomic E-state index is 12.4. The Kier molecular flexibility index (Phi) is 5.73. The van der Waals surface area contributed by atoms with E-state index < -0.39 is 0 Å². The van der Waals surface area contributed by atoms with E-state index in [1.165, 1.54) is 0 Å². The number of nitrogens with one attached hydrogen (secondary N) is 2. The zero-order valence-corrected chi connectivity index (χ0v) is 14.6. The molecule has 1 aromatic heterocycles. The van der Waals surface area contributed by atoms with Crippen molar-refractivity contribution in [3.05, 3.63) is 47.3 Å². The molecule has 0 atom stereocenters. The Hall–Kier alpha value is -2.63. The molecule has 6 heteroatoms. The van der Waals surface area contributed by atoms with Crippen molar-refractivity contribution in [1.82, 2.24) is 20.4 Å². The van der Waals surface area contributed by atoms with Crippen LogP contribution >= 0.6 is 0 Å². The number of para-hydroxylation sites is 1. The topological polar surface area (TPSA) is 76.0 Å². The number of amides is 2. The van der Waals surface area contributed by atoms with E-state index >= 15 is 0 Å². The van der Waals surface area contributed by atoms with E-state index in [4.69, 9.17) is 0 Å². The van der Waals surface area contributed by atoms with Gasteiger partial charge in [0.1, 0.15) is 0 Å². The van der Waals surface area contributed by atoms with Crippen LogP contribution in [0.5, 0.6) is 0 Å². The predicted molar refractivity (Wildman–Crippen MR) is 93.2 cm³/mol. The fourth-order valence-corrected chi connectivity index (χ4v) is 2.45. The van der Waals surface area contributed by atoms with Gasteiger partial charge in [0.05, 0.1) is 22.6 Å². The number of aromatic nitrogens is 2. The van der Waals surface area contributed by atoms with Crippen molar-refractivity contribution >= 4 is 11.8 Å². The lowest BCUT2D eigenvalue weighted by Gasteiger charge is -2.09. The quantitative estimate of drug-likeness (QED) is 0.796. The lowest BCUT2D eigenvalue weighted by molar-refractivity contribution is -0.123. The molecule has 2 aromatic rings. The van der Waals surface area contributed by atoms with Crippen molar-refractivity contribution in [2.24, 2.45) is 5.92 Å². The maximum Gasteiger partial charge on any atom is 0.255 e. The minimum absolute atomic E-state index is 0.0199. The van der Waals surface area contributed by atoms with Crippen LogP contribution in [0, 0.1) is 19.8 Å². The van der Waals surface area contributed by atoms with Crippen molar-refractivity contribution in [3.8, 4) is 5.69 Å². The Morgan fingerprint density at radius 3 is 2.33 bits per heavy atom. The molecule has 0 aliphatic rings. The third kappa shape index (κ3) is 4.01. The first kappa shape index (κ1) is 17.7. The summed E-state index contributed by atoms with van der Waals surface area (Å²) in [6.07, 6.45) is 0. The Labute approximate surface area is 142 Å². The zero-order valence-electron chi connectivity index (χ0n) is 14.6. The van der Waals surface area contributed by atoms with Gasteiger partial charge >= 0.3 is 0 Å². The molecule has 24 heavy (non-hydrogen) atoms. The standard InChI is InChI=1S/C18H24N4O2/c1-12(2)17(23)19-10-11-20-18(24)16-13(3)21-22(14(16)4)15-8-6-5-7-9-15/h5-9,12H,10-11H2,1-4H3,(H,19,23)(H,20,24). The predicted octanol–water partition coefficient (Wildman–Crippen LogP) is 1.99. The second-order valence-corrected chi connectivity index (χ2v) is 5.99. The van der Waals surface area contributed by atoms with Gasteiger partial charge in [0.15, 0.2) is 0 Å². The molecule has 128 valence electrons. The summed E-state index contributed by atoms with van der Waals surface area (Å²) < 4.78 is 1.77. The molecule has 0 fully saturated rings. The molecular weight excluding hydrogens is 304 g/mol. The molecule has 0 radical (unpaired) electrons. The van der Waals surface area contributed by atoms with E-state index in [9.17, 15) is 9.59 Å². The van der Waals surface area contributed by atoms with Gasteiger partial charge in [0.25, 0.3) is 5.91 Å². The summed E-state index contributed by atoms with van der Waals surface area (Å²) in [6, 6.07) is 9.70. The molecular formula is C18H24N4O2. The number of carbonyl (C=O) groups is 2. The monoisotopic (exact) mass is 328 g/mol. The molecule has 0 saturated heterocycles. The van der Waals surface area contributed by atoms with Gasteiger partial charge in [-0.05, 0) is 26.0 Å². The number of nitrogens with zero attached hydrogens (tertiary/aromatic N) is 2. The van der Waals surface area contributed by atoms with Crippen LogP contribution in [-0.4, -0.2) is 34.7 Å². The lowest BCUT2D eigenvalue weighted by atomic mass is 10.2. The fourth-order valence-electron chi connectivity index (χ4n) is 2.45. The third-order valence-corrected chi connectivity index (χ3v) is 3.75. The Morgan fingerprint density at radius 2 is 1.71 bits per heavy atom. The summed E-state index contributed by atoms with van der Waals surface area (Å²) in [5, 5.41) is 10.1. The highest BCUT2D eigenvalue weighted by Crippen LogP contribution is 2.17. The van der Waals surface area contributed by atoms with Crippen LogP contribution in [0.2, 0.25) is 0 Å². The highest BCUT2D eigenvalue weighted by molar-refractivity contribution is 5.96. The Balaban J connectivity index is 2.03. The molecule has 1 aromatic carbocycles. The molecule has 2 N–H and O–H groups in total. The van der Waals surface area contributed by atoms with Gasteiger partial charge in [-0.25, -0.2) is 4.68 Å². The largest absolute Gasteiger partial charge is 0.354 e. The van der Waals surface area contributed by atoms with Gasteiger partial charge in [-0.15, -0.1) is 0 Å². The van der Waals surface area contributed by atoms with Crippen LogP contribution in [0.25, 0.3) is 5.69 Å². The van der Waals surface area contributed by atoms with Gasteiger partial charge < -0.3 is 10.6 Å². The fraction of sp³-hybridized carbons (Fsp3) is 0.389. The molecule has 6 nitrogen and oxygen atoms in total. The van der Waals surface area contributed by atoms with E-state index in [1.54, 1.807) is 4.68 Å². The SMILES string of the molecule is Cc1nn(-c2ccccc2)c(C)c1C(=O)NCCNC(=O)C(C)C. The molecule has 0 spiro atoms. The van der Waals surface area contributed by atoms with Crippen LogP contribution in [0.1, 0.15) is 35.6 Å². The van der Waals surface area contributed by atoms with Gasteiger partial charge in [-0.2, -0.15) is 5.10 Å². The van der Waals surface area contributed by atoms with Gasteiger partial charge in [0.2, 0.25) is 5.91 Å². The summed E-state index contributed by atoms with van der Waals surface area (Å²) in [6.45, 7) is 8.15. The van der Waals surface area contributed by atoms with Crippen LogP contribution in [0.15, 0.2) is 30.3 Å². The van der Waals surface area contributed by atoms with Crippen molar-refractivity contribution in [2.75, 3.05) is 13.1 Å². The van der Waals surface area contributed by atoms with Crippen molar-refractivity contribution in [3.63, 3.8) is 0 Å². The van der Waals surface area contributed by atoms with Crippen molar-refractivity contribution in [1.29, 1.82) is 0 Å². The van der Waals surface area contributed by atoms with E-state index in [2.05, 4.69) is 15.7 Å². The van der Waals surface area contributed by atoms with Gasteiger partial charge in [0, 0.05) is 19.0 Å². The smallest absolute Gasteiger partial charge is 0.255 e. The van der Waals surface area contributed by atoms with Crippen molar-refractivity contribution in [2.45, 2.75) is 27.7 Å². The number of hydrogen-bond donors (Lipinski definition) is 2. The number of aryl methyl sites for hydroxylation is 1. The molecule has 2 rings (SSSR count). The number of benzene rings is 1.